The Kier molecular flexibility index (Phi) is 4.72. The molecule has 0 aliphatic carbocycles. The minimum Gasteiger partial charge on any atom is -0.461 e. The lowest BCUT2D eigenvalue weighted by Crippen LogP contribution is -2.32. The molecular formula is C7H9N3O3. The van der Waals surface area contributed by atoms with Crippen LogP contribution in [0.25, 0.3) is 0 Å². The number of nitrogens with zero attached hydrogens (tertiary/aromatic N) is 1. The number of hydrogen-bond acceptors (Lipinski definition) is 4. The van der Waals surface area contributed by atoms with Gasteiger partial charge < -0.3 is 15.8 Å². The molecule has 0 atom stereocenters. The standard InChI is InChI=1S/C7H9N3O3/c1-2-13-6(11)5(3-4-8)10-7(9)12/h3H,2H2,1H3,(H3,9,10,12). The van der Waals surface area contributed by atoms with Crippen molar-refractivity contribution in [3.05, 3.63) is 11.8 Å². The summed E-state index contributed by atoms with van der Waals surface area (Å²) in [7, 11) is 0. The summed E-state index contributed by atoms with van der Waals surface area (Å²) < 4.78 is 4.53. The highest BCUT2D eigenvalue weighted by molar-refractivity contribution is 5.93. The largest absolute Gasteiger partial charge is 0.461 e. The molecule has 0 aliphatic rings. The molecule has 0 saturated carbocycles. The van der Waals surface area contributed by atoms with E-state index in [2.05, 4.69) is 4.74 Å². The Balaban J connectivity index is 4.45. The molecule has 0 fully saturated rings. The van der Waals surface area contributed by atoms with Crippen LogP contribution < -0.4 is 11.1 Å². The van der Waals surface area contributed by atoms with Gasteiger partial charge in [-0.1, -0.05) is 0 Å². The molecule has 0 aromatic heterocycles. The van der Waals surface area contributed by atoms with Crippen LogP contribution >= 0.6 is 0 Å². The van der Waals surface area contributed by atoms with Crippen molar-refractivity contribution in [3.8, 4) is 6.07 Å². The summed E-state index contributed by atoms with van der Waals surface area (Å²) in [4.78, 5) is 21.3. The number of nitrogens with two attached hydrogens (primary N) is 1. The third-order valence-electron chi connectivity index (χ3n) is 0.962. The van der Waals surface area contributed by atoms with Crippen LogP contribution in [-0.2, 0) is 9.53 Å². The van der Waals surface area contributed by atoms with Crippen molar-refractivity contribution in [1.82, 2.24) is 5.32 Å². The smallest absolute Gasteiger partial charge is 0.355 e. The topological polar surface area (TPSA) is 105 Å². The Morgan fingerprint density at radius 1 is 1.69 bits per heavy atom. The van der Waals surface area contributed by atoms with E-state index in [0.29, 0.717) is 0 Å². The summed E-state index contributed by atoms with van der Waals surface area (Å²) >= 11 is 0. The number of urea groups is 1. The van der Waals surface area contributed by atoms with E-state index in [1.165, 1.54) is 0 Å². The van der Waals surface area contributed by atoms with Gasteiger partial charge in [0, 0.05) is 6.08 Å². The van der Waals surface area contributed by atoms with Crippen molar-refractivity contribution in [1.29, 1.82) is 5.26 Å². The zero-order valence-electron chi connectivity index (χ0n) is 7.03. The fraction of sp³-hybridized carbons (Fsp3) is 0.286. The SMILES string of the molecule is CCOC(=O)C(=CC#N)NC(N)=O. The van der Waals surface area contributed by atoms with Gasteiger partial charge in [0.1, 0.15) is 5.70 Å². The van der Waals surface area contributed by atoms with E-state index in [1.54, 1.807) is 13.0 Å². The van der Waals surface area contributed by atoms with Gasteiger partial charge in [-0.15, -0.1) is 0 Å². The lowest BCUT2D eigenvalue weighted by molar-refractivity contribution is -0.138. The lowest BCUT2D eigenvalue weighted by Gasteiger charge is -2.04. The van der Waals surface area contributed by atoms with Crippen LogP contribution in [0.15, 0.2) is 11.8 Å². The fourth-order valence-corrected chi connectivity index (χ4v) is 0.552. The Hall–Kier alpha value is -2.03. The summed E-state index contributed by atoms with van der Waals surface area (Å²) in [5, 5.41) is 10.2. The van der Waals surface area contributed by atoms with Crippen LogP contribution in [0.3, 0.4) is 0 Å². The van der Waals surface area contributed by atoms with Gasteiger partial charge in [-0.25, -0.2) is 9.59 Å². The lowest BCUT2D eigenvalue weighted by atomic mass is 10.4. The minimum absolute atomic E-state index is 0.155. The van der Waals surface area contributed by atoms with Crippen LogP contribution in [0.4, 0.5) is 4.79 Å². The molecule has 6 nitrogen and oxygen atoms in total. The first kappa shape index (κ1) is 11.0. The Morgan fingerprint density at radius 2 is 2.31 bits per heavy atom. The van der Waals surface area contributed by atoms with Gasteiger partial charge in [0.25, 0.3) is 0 Å². The predicted molar refractivity (Wildman–Crippen MR) is 43.0 cm³/mol. The number of esters is 1. The normalized spacial score (nSPS) is 10.0. The third kappa shape index (κ3) is 4.42. The molecule has 0 heterocycles. The summed E-state index contributed by atoms with van der Waals surface area (Å²) in [5.41, 5.74) is 4.48. The average molecular weight is 183 g/mol. The van der Waals surface area contributed by atoms with Crippen molar-refractivity contribution in [3.63, 3.8) is 0 Å². The monoisotopic (exact) mass is 183 g/mol. The van der Waals surface area contributed by atoms with E-state index in [1.807, 2.05) is 5.32 Å². The molecule has 0 aliphatic heterocycles. The highest BCUT2D eigenvalue weighted by Crippen LogP contribution is 1.92. The number of rotatable bonds is 3. The number of nitriles is 1. The number of carbonyl (C=O) groups excluding carboxylic acids is 2. The molecule has 6 heteroatoms. The Morgan fingerprint density at radius 3 is 2.69 bits per heavy atom. The van der Waals surface area contributed by atoms with Crippen LogP contribution in [0.5, 0.6) is 0 Å². The van der Waals surface area contributed by atoms with Crippen LogP contribution in [0.2, 0.25) is 0 Å². The van der Waals surface area contributed by atoms with Crippen molar-refractivity contribution < 1.29 is 14.3 Å². The first-order chi connectivity index (χ1) is 6.11. The number of carbonyl (C=O) groups is 2. The van der Waals surface area contributed by atoms with Crippen LogP contribution in [0, 0.1) is 11.3 Å². The van der Waals surface area contributed by atoms with Gasteiger partial charge in [-0.3, -0.25) is 0 Å². The van der Waals surface area contributed by atoms with Gasteiger partial charge in [-0.05, 0) is 6.92 Å². The molecule has 0 bridgehead atoms. The van der Waals surface area contributed by atoms with Crippen molar-refractivity contribution in [2.24, 2.45) is 5.73 Å². The quantitative estimate of drug-likeness (QED) is 0.353. The van der Waals surface area contributed by atoms with Gasteiger partial charge in [0.05, 0.1) is 12.7 Å². The third-order valence-corrected chi connectivity index (χ3v) is 0.962. The van der Waals surface area contributed by atoms with E-state index in [9.17, 15) is 9.59 Å². The molecule has 2 amide bonds. The zero-order chi connectivity index (χ0) is 10.3. The highest BCUT2D eigenvalue weighted by atomic mass is 16.5. The maximum atomic E-state index is 11.0. The Labute approximate surface area is 75.0 Å². The number of amides is 2. The van der Waals surface area contributed by atoms with Gasteiger partial charge >= 0.3 is 12.0 Å². The first-order valence-electron chi connectivity index (χ1n) is 3.45. The fourth-order valence-electron chi connectivity index (χ4n) is 0.552. The van der Waals surface area contributed by atoms with Crippen molar-refractivity contribution in [2.45, 2.75) is 6.92 Å². The van der Waals surface area contributed by atoms with Gasteiger partial charge in [0.15, 0.2) is 0 Å². The first-order valence-corrected chi connectivity index (χ1v) is 3.45. The Bertz CT molecular complexity index is 277. The zero-order valence-corrected chi connectivity index (χ0v) is 7.03. The summed E-state index contributed by atoms with van der Waals surface area (Å²) in [5.74, 6) is -0.789. The van der Waals surface area contributed by atoms with Crippen LogP contribution in [-0.4, -0.2) is 18.6 Å². The van der Waals surface area contributed by atoms with Crippen LogP contribution in [0.1, 0.15) is 6.92 Å². The minimum atomic E-state index is -0.922. The summed E-state index contributed by atoms with van der Waals surface area (Å²) in [6.07, 6.45) is 0.850. The molecule has 0 aromatic rings. The molecule has 0 spiro atoms. The van der Waals surface area contributed by atoms with Crippen molar-refractivity contribution in [2.75, 3.05) is 6.61 Å². The van der Waals surface area contributed by atoms with E-state index in [0.717, 1.165) is 6.08 Å². The molecular weight excluding hydrogens is 174 g/mol. The number of ether oxygens (including phenoxy) is 1. The molecule has 13 heavy (non-hydrogen) atoms. The number of hydrogen-bond donors (Lipinski definition) is 2. The molecule has 0 unspecified atom stereocenters. The second kappa shape index (κ2) is 5.60. The van der Waals surface area contributed by atoms with E-state index in [-0.39, 0.29) is 12.3 Å². The second-order valence-corrected chi connectivity index (χ2v) is 1.90. The molecule has 0 aromatic carbocycles. The molecule has 0 rings (SSSR count). The van der Waals surface area contributed by atoms with E-state index < -0.39 is 12.0 Å². The maximum Gasteiger partial charge on any atom is 0.355 e. The molecule has 0 saturated heterocycles. The molecule has 70 valence electrons. The number of primary amides is 1. The van der Waals surface area contributed by atoms with E-state index in [4.69, 9.17) is 11.0 Å². The van der Waals surface area contributed by atoms with E-state index >= 15 is 0 Å². The second-order valence-electron chi connectivity index (χ2n) is 1.90. The van der Waals surface area contributed by atoms with Gasteiger partial charge in [-0.2, -0.15) is 5.26 Å². The maximum absolute atomic E-state index is 11.0. The van der Waals surface area contributed by atoms with Crippen molar-refractivity contribution >= 4 is 12.0 Å². The molecule has 0 radical (unpaired) electrons. The average Bonchev–Trinajstić information content (AvgIpc) is 2.03. The number of nitrogens with one attached hydrogen (secondary N) is 1. The highest BCUT2D eigenvalue weighted by Gasteiger charge is 2.11. The molecule has 3 N–H and O–H groups in total. The van der Waals surface area contributed by atoms with Gasteiger partial charge in [0.2, 0.25) is 0 Å². The predicted octanol–water partition coefficient (Wildman–Crippen LogP) is -0.375. The summed E-state index contributed by atoms with van der Waals surface area (Å²) in [6.45, 7) is 1.76. The number of allylic oxidation sites excluding steroid dienone is 1. The summed E-state index contributed by atoms with van der Waals surface area (Å²) in [6, 6.07) is 0.658.